The molecule has 0 saturated carbocycles. The Bertz CT molecular complexity index is 752. The molecule has 2 aliphatic rings. The maximum atomic E-state index is 13.4. The highest BCUT2D eigenvalue weighted by molar-refractivity contribution is 5.43. The van der Waals surface area contributed by atoms with Gasteiger partial charge in [-0.2, -0.15) is 4.98 Å². The fourth-order valence-electron chi connectivity index (χ4n) is 4.21. The summed E-state index contributed by atoms with van der Waals surface area (Å²) in [6.07, 6.45) is 9.10. The van der Waals surface area contributed by atoms with Gasteiger partial charge in [-0.25, -0.2) is 9.37 Å². The third-order valence-corrected chi connectivity index (χ3v) is 5.79. The van der Waals surface area contributed by atoms with E-state index in [4.69, 9.17) is 4.98 Å². The van der Waals surface area contributed by atoms with Crippen LogP contribution in [0.4, 0.5) is 16.2 Å². The van der Waals surface area contributed by atoms with Crippen molar-refractivity contribution in [1.29, 1.82) is 0 Å². The first-order valence-electron chi connectivity index (χ1n) is 10.6. The molecule has 2 aromatic rings. The van der Waals surface area contributed by atoms with E-state index >= 15 is 0 Å². The Kier molecular flexibility index (Phi) is 6.37. The largest absolute Gasteiger partial charge is 0.356 e. The predicted molar refractivity (Wildman–Crippen MR) is 111 cm³/mol. The molecule has 5 nitrogen and oxygen atoms in total. The lowest BCUT2D eigenvalue weighted by Gasteiger charge is -2.32. The monoisotopic (exact) mass is 383 g/mol. The Hall–Kier alpha value is -2.21. The molecule has 1 aromatic carbocycles. The standard InChI is InChI=1S/C22H30FN5/c23-19-7-5-6-18(16-19)17-27-14-9-20(10-15-27)25-22-24-11-8-21(26-22)28-12-3-1-2-4-13-28/h5-8,11,16,20H,1-4,9-10,12-15,17H2,(H,24,25,26). The zero-order valence-corrected chi connectivity index (χ0v) is 16.5. The molecular formula is C22H30FN5. The lowest BCUT2D eigenvalue weighted by Crippen LogP contribution is -2.39. The number of piperidine rings is 1. The second-order valence-electron chi connectivity index (χ2n) is 7.96. The number of nitrogens with one attached hydrogen (secondary N) is 1. The van der Waals surface area contributed by atoms with Crippen molar-refractivity contribution in [2.45, 2.75) is 51.1 Å². The summed E-state index contributed by atoms with van der Waals surface area (Å²) in [4.78, 5) is 14.0. The van der Waals surface area contributed by atoms with Crippen LogP contribution in [0.2, 0.25) is 0 Å². The quantitative estimate of drug-likeness (QED) is 0.843. The van der Waals surface area contributed by atoms with Gasteiger partial charge in [0.25, 0.3) is 0 Å². The number of hydrogen-bond acceptors (Lipinski definition) is 5. The van der Waals surface area contributed by atoms with Gasteiger partial charge in [-0.3, -0.25) is 4.90 Å². The molecule has 150 valence electrons. The summed E-state index contributed by atoms with van der Waals surface area (Å²) in [7, 11) is 0. The lowest BCUT2D eigenvalue weighted by atomic mass is 10.0. The van der Waals surface area contributed by atoms with Crippen molar-refractivity contribution in [3.8, 4) is 0 Å². The Balaban J connectivity index is 1.29. The molecule has 0 unspecified atom stereocenters. The van der Waals surface area contributed by atoms with E-state index in [1.54, 1.807) is 12.1 Å². The van der Waals surface area contributed by atoms with Crippen LogP contribution in [0.15, 0.2) is 36.5 Å². The Labute approximate surface area is 167 Å². The average Bonchev–Trinajstić information content (AvgIpc) is 2.99. The molecule has 0 spiro atoms. The molecular weight excluding hydrogens is 353 g/mol. The van der Waals surface area contributed by atoms with Gasteiger partial charge in [-0.1, -0.05) is 25.0 Å². The zero-order valence-electron chi connectivity index (χ0n) is 16.5. The van der Waals surface area contributed by atoms with Crippen molar-refractivity contribution >= 4 is 11.8 Å². The number of anilines is 2. The van der Waals surface area contributed by atoms with Gasteiger partial charge in [0.05, 0.1) is 0 Å². The van der Waals surface area contributed by atoms with Gasteiger partial charge in [-0.15, -0.1) is 0 Å². The van der Waals surface area contributed by atoms with E-state index in [-0.39, 0.29) is 5.82 Å². The normalized spacial score (nSPS) is 19.4. The average molecular weight is 384 g/mol. The fraction of sp³-hybridized carbons (Fsp3) is 0.545. The van der Waals surface area contributed by atoms with Gasteiger partial charge >= 0.3 is 0 Å². The Morgan fingerprint density at radius 1 is 1.00 bits per heavy atom. The third-order valence-electron chi connectivity index (χ3n) is 5.79. The number of likely N-dealkylation sites (tertiary alicyclic amines) is 1. The third kappa shape index (κ3) is 5.19. The van der Waals surface area contributed by atoms with Crippen LogP contribution in [-0.4, -0.2) is 47.1 Å². The van der Waals surface area contributed by atoms with Gasteiger partial charge in [-0.05, 0) is 49.4 Å². The molecule has 0 aliphatic carbocycles. The molecule has 0 amide bonds. The van der Waals surface area contributed by atoms with Crippen molar-refractivity contribution in [2.75, 3.05) is 36.4 Å². The van der Waals surface area contributed by atoms with Crippen LogP contribution in [-0.2, 0) is 6.54 Å². The molecule has 4 rings (SSSR count). The van der Waals surface area contributed by atoms with E-state index in [0.717, 1.165) is 62.9 Å². The molecule has 6 heteroatoms. The Morgan fingerprint density at radius 3 is 2.54 bits per heavy atom. The van der Waals surface area contributed by atoms with Gasteiger partial charge in [0, 0.05) is 45.0 Å². The number of halogens is 1. The summed E-state index contributed by atoms with van der Waals surface area (Å²) >= 11 is 0. The van der Waals surface area contributed by atoms with Gasteiger partial charge in [0.1, 0.15) is 11.6 Å². The SMILES string of the molecule is Fc1cccc(CN2CCC(Nc3nccc(N4CCCCCC4)n3)CC2)c1. The fourth-order valence-corrected chi connectivity index (χ4v) is 4.21. The molecule has 28 heavy (non-hydrogen) atoms. The Morgan fingerprint density at radius 2 is 1.79 bits per heavy atom. The smallest absolute Gasteiger partial charge is 0.224 e. The summed E-state index contributed by atoms with van der Waals surface area (Å²) < 4.78 is 13.4. The molecule has 1 N–H and O–H groups in total. The van der Waals surface area contributed by atoms with Crippen LogP contribution in [0.3, 0.4) is 0 Å². The zero-order chi connectivity index (χ0) is 19.2. The molecule has 3 heterocycles. The second-order valence-corrected chi connectivity index (χ2v) is 7.96. The van der Waals surface area contributed by atoms with Crippen molar-refractivity contribution in [1.82, 2.24) is 14.9 Å². The lowest BCUT2D eigenvalue weighted by molar-refractivity contribution is 0.211. The summed E-state index contributed by atoms with van der Waals surface area (Å²) in [6, 6.07) is 9.33. The van der Waals surface area contributed by atoms with Crippen molar-refractivity contribution in [2.24, 2.45) is 0 Å². The molecule has 2 aliphatic heterocycles. The molecule has 0 radical (unpaired) electrons. The summed E-state index contributed by atoms with van der Waals surface area (Å²) in [6.45, 7) is 5.00. The van der Waals surface area contributed by atoms with E-state index in [0.29, 0.717) is 6.04 Å². The van der Waals surface area contributed by atoms with Gasteiger partial charge < -0.3 is 10.2 Å². The highest BCUT2D eigenvalue weighted by atomic mass is 19.1. The number of hydrogen-bond donors (Lipinski definition) is 1. The van der Waals surface area contributed by atoms with E-state index in [2.05, 4.69) is 20.1 Å². The van der Waals surface area contributed by atoms with Crippen LogP contribution in [0.5, 0.6) is 0 Å². The first-order valence-corrected chi connectivity index (χ1v) is 10.6. The molecule has 2 saturated heterocycles. The minimum Gasteiger partial charge on any atom is -0.356 e. The summed E-state index contributed by atoms with van der Waals surface area (Å²) in [5.74, 6) is 1.63. The van der Waals surface area contributed by atoms with Gasteiger partial charge in [0.2, 0.25) is 5.95 Å². The summed E-state index contributed by atoms with van der Waals surface area (Å²) in [5, 5.41) is 3.53. The first-order chi connectivity index (χ1) is 13.8. The topological polar surface area (TPSA) is 44.3 Å². The van der Waals surface area contributed by atoms with Crippen LogP contribution in [0.1, 0.15) is 44.1 Å². The van der Waals surface area contributed by atoms with Crippen molar-refractivity contribution < 1.29 is 4.39 Å². The number of aromatic nitrogens is 2. The van der Waals surface area contributed by atoms with Crippen molar-refractivity contribution in [3.05, 3.63) is 47.9 Å². The predicted octanol–water partition coefficient (Wildman–Crippen LogP) is 4.07. The van der Waals surface area contributed by atoms with Crippen LogP contribution in [0.25, 0.3) is 0 Å². The highest BCUT2D eigenvalue weighted by Gasteiger charge is 2.20. The first kappa shape index (κ1) is 19.1. The van der Waals surface area contributed by atoms with E-state index in [1.165, 1.54) is 31.7 Å². The maximum Gasteiger partial charge on any atom is 0.224 e. The minimum atomic E-state index is -0.157. The van der Waals surface area contributed by atoms with E-state index in [1.807, 2.05) is 18.3 Å². The number of nitrogens with zero attached hydrogens (tertiary/aromatic N) is 4. The number of benzene rings is 1. The van der Waals surface area contributed by atoms with E-state index < -0.39 is 0 Å². The molecule has 0 bridgehead atoms. The molecule has 2 fully saturated rings. The van der Waals surface area contributed by atoms with Crippen molar-refractivity contribution in [3.63, 3.8) is 0 Å². The second kappa shape index (κ2) is 9.32. The van der Waals surface area contributed by atoms with Crippen LogP contribution < -0.4 is 10.2 Å². The minimum absolute atomic E-state index is 0.157. The summed E-state index contributed by atoms with van der Waals surface area (Å²) in [5.41, 5.74) is 1.04. The molecule has 0 atom stereocenters. The highest BCUT2D eigenvalue weighted by Crippen LogP contribution is 2.20. The van der Waals surface area contributed by atoms with E-state index in [9.17, 15) is 4.39 Å². The maximum absolute atomic E-state index is 13.4. The molecule has 1 aromatic heterocycles. The van der Waals surface area contributed by atoms with Gasteiger partial charge in [0.15, 0.2) is 0 Å². The number of rotatable bonds is 5. The van der Waals surface area contributed by atoms with Crippen LogP contribution >= 0.6 is 0 Å². The van der Waals surface area contributed by atoms with Crippen LogP contribution in [0, 0.1) is 5.82 Å².